The van der Waals surface area contributed by atoms with Gasteiger partial charge in [-0.1, -0.05) is 148 Å². The van der Waals surface area contributed by atoms with Crippen molar-refractivity contribution >= 4 is 17.8 Å². The second kappa shape index (κ2) is 28.5. The van der Waals surface area contributed by atoms with Crippen molar-refractivity contribution in [2.24, 2.45) is 0 Å². The molecule has 1 heterocycles. The molecule has 1 aliphatic heterocycles. The Kier molecular flexibility index (Phi) is 25.0. The van der Waals surface area contributed by atoms with Gasteiger partial charge in [0.2, 0.25) is 0 Å². The summed E-state index contributed by atoms with van der Waals surface area (Å²) >= 11 is 0. The minimum Gasteiger partial charge on any atom is -0.462 e. The molecule has 0 unspecified atom stereocenters. The lowest BCUT2D eigenvalue weighted by molar-refractivity contribution is -0.150. The van der Waals surface area contributed by atoms with Crippen LogP contribution in [-0.4, -0.2) is 59.9 Å². The average Bonchev–Trinajstić information content (AvgIpc) is 3.35. The molecule has 0 radical (unpaired) electrons. The highest BCUT2D eigenvalue weighted by molar-refractivity contribution is 6.21. The van der Waals surface area contributed by atoms with Crippen molar-refractivity contribution in [2.45, 2.75) is 194 Å². The molecule has 49 heavy (non-hydrogen) atoms. The van der Waals surface area contributed by atoms with Crippen LogP contribution in [0.4, 0.5) is 0 Å². The summed E-state index contributed by atoms with van der Waals surface area (Å²) in [6.07, 6.45) is 30.8. The van der Waals surface area contributed by atoms with Gasteiger partial charge >= 0.3 is 5.97 Å². The quantitative estimate of drug-likeness (QED) is 0.0419. The van der Waals surface area contributed by atoms with E-state index in [1.165, 1.54) is 114 Å². The van der Waals surface area contributed by atoms with E-state index in [0.717, 1.165) is 71.0 Å². The maximum Gasteiger partial charge on any atom is 0.306 e. The maximum absolute atomic E-state index is 12.9. The molecule has 0 N–H and O–H groups in total. The molecule has 0 aliphatic carbocycles. The van der Waals surface area contributed by atoms with Crippen LogP contribution in [-0.2, 0) is 9.53 Å². The molecule has 0 bridgehead atoms. The van der Waals surface area contributed by atoms with Crippen LogP contribution < -0.4 is 0 Å². The van der Waals surface area contributed by atoms with Crippen molar-refractivity contribution in [3.05, 3.63) is 35.4 Å². The number of esters is 1. The van der Waals surface area contributed by atoms with Gasteiger partial charge in [0.15, 0.2) is 0 Å². The summed E-state index contributed by atoms with van der Waals surface area (Å²) in [5, 5.41) is 0. The monoisotopic (exact) mass is 683 g/mol. The molecule has 1 aromatic carbocycles. The zero-order valence-corrected chi connectivity index (χ0v) is 32.1. The molecule has 0 fully saturated rings. The highest BCUT2D eigenvalue weighted by atomic mass is 16.5. The lowest BCUT2D eigenvalue weighted by atomic mass is 10.0. The van der Waals surface area contributed by atoms with E-state index in [1.54, 1.807) is 12.1 Å². The number of carbonyl (C=O) groups is 3. The van der Waals surface area contributed by atoms with Crippen LogP contribution in [0.1, 0.15) is 208 Å². The Morgan fingerprint density at radius 2 is 0.980 bits per heavy atom. The van der Waals surface area contributed by atoms with Gasteiger partial charge in [-0.25, -0.2) is 0 Å². The van der Waals surface area contributed by atoms with Gasteiger partial charge in [0.25, 0.3) is 11.8 Å². The number of benzene rings is 1. The van der Waals surface area contributed by atoms with E-state index in [1.807, 2.05) is 12.1 Å². The fourth-order valence-electron chi connectivity index (χ4n) is 7.08. The Bertz CT molecular complexity index is 960. The predicted octanol–water partition coefficient (Wildman–Crippen LogP) is 11.7. The van der Waals surface area contributed by atoms with Crippen molar-refractivity contribution < 1.29 is 19.1 Å². The molecule has 280 valence electrons. The van der Waals surface area contributed by atoms with Crippen LogP contribution in [0.2, 0.25) is 0 Å². The molecular weight excluding hydrogens is 608 g/mol. The van der Waals surface area contributed by atoms with Crippen LogP contribution in [0.3, 0.4) is 0 Å². The Balaban J connectivity index is 1.69. The molecule has 0 saturated heterocycles. The van der Waals surface area contributed by atoms with Gasteiger partial charge in [0.05, 0.1) is 11.1 Å². The van der Waals surface area contributed by atoms with Crippen LogP contribution >= 0.6 is 0 Å². The van der Waals surface area contributed by atoms with E-state index in [9.17, 15) is 14.4 Å². The minimum atomic E-state index is -0.158. The number of rotatable bonds is 33. The van der Waals surface area contributed by atoms with Crippen LogP contribution in [0.5, 0.6) is 0 Å². The first-order valence-electron chi connectivity index (χ1n) is 20.9. The second-order valence-corrected chi connectivity index (χ2v) is 14.7. The number of unbranched alkanes of at least 4 members (excludes halogenated alkanes) is 19. The average molecular weight is 683 g/mol. The third kappa shape index (κ3) is 19.1. The van der Waals surface area contributed by atoms with Gasteiger partial charge in [0.1, 0.15) is 6.10 Å². The van der Waals surface area contributed by atoms with E-state index >= 15 is 0 Å². The highest BCUT2D eigenvalue weighted by Crippen LogP contribution is 2.23. The summed E-state index contributed by atoms with van der Waals surface area (Å²) in [6, 6.07) is 7.17. The van der Waals surface area contributed by atoms with Crippen molar-refractivity contribution in [1.82, 2.24) is 9.80 Å². The summed E-state index contributed by atoms with van der Waals surface area (Å²) in [4.78, 5) is 42.4. The Hall–Kier alpha value is -2.21. The molecule has 6 nitrogen and oxygen atoms in total. The fourth-order valence-corrected chi connectivity index (χ4v) is 7.08. The fraction of sp³-hybridized carbons (Fsp3) is 0.791. The zero-order valence-electron chi connectivity index (χ0n) is 32.1. The van der Waals surface area contributed by atoms with Crippen molar-refractivity contribution in [1.29, 1.82) is 0 Å². The summed E-state index contributed by atoms with van der Waals surface area (Å²) in [5.41, 5.74) is 1.06. The molecule has 0 atom stereocenters. The van der Waals surface area contributed by atoms with E-state index in [0.29, 0.717) is 24.1 Å². The SMILES string of the molecule is CCCCCCCCC(CCCCCCCC)OC(=O)CCCCCCCN(CCCCCCCC)CCN1C(=O)c2ccccc2C1=O. The smallest absolute Gasteiger partial charge is 0.306 e. The molecule has 2 amide bonds. The number of hydrogen-bond acceptors (Lipinski definition) is 5. The van der Waals surface area contributed by atoms with Gasteiger partial charge < -0.3 is 9.64 Å². The summed E-state index contributed by atoms with van der Waals surface area (Å²) in [7, 11) is 0. The first kappa shape index (κ1) is 43.0. The lowest BCUT2D eigenvalue weighted by Crippen LogP contribution is -2.39. The number of ether oxygens (including phenoxy) is 1. The number of fused-ring (bicyclic) bond motifs is 1. The molecule has 0 saturated carbocycles. The van der Waals surface area contributed by atoms with Crippen molar-refractivity contribution in [3.63, 3.8) is 0 Å². The Morgan fingerprint density at radius 3 is 1.45 bits per heavy atom. The van der Waals surface area contributed by atoms with Gasteiger partial charge in [-0.15, -0.1) is 0 Å². The maximum atomic E-state index is 12.9. The summed E-state index contributed by atoms with van der Waals surface area (Å²) < 4.78 is 6.04. The summed E-state index contributed by atoms with van der Waals surface area (Å²) in [5.74, 6) is -0.315. The number of imide groups is 1. The first-order valence-corrected chi connectivity index (χ1v) is 20.9. The second-order valence-electron chi connectivity index (χ2n) is 14.7. The van der Waals surface area contributed by atoms with Crippen molar-refractivity contribution in [2.75, 3.05) is 26.2 Å². The number of hydrogen-bond donors (Lipinski definition) is 0. The van der Waals surface area contributed by atoms with Crippen LogP contribution in [0.25, 0.3) is 0 Å². The molecular formula is C43H74N2O4. The van der Waals surface area contributed by atoms with Crippen molar-refractivity contribution in [3.8, 4) is 0 Å². The zero-order chi connectivity index (χ0) is 35.4. The summed E-state index contributed by atoms with van der Waals surface area (Å²) in [6.45, 7) is 9.94. The topological polar surface area (TPSA) is 66.9 Å². The number of carbonyl (C=O) groups excluding carboxylic acids is 3. The molecule has 1 aliphatic rings. The molecule has 0 aromatic heterocycles. The van der Waals surface area contributed by atoms with E-state index in [-0.39, 0.29) is 23.9 Å². The predicted molar refractivity (Wildman–Crippen MR) is 205 cm³/mol. The molecule has 2 rings (SSSR count). The Morgan fingerprint density at radius 1 is 0.571 bits per heavy atom. The van der Waals surface area contributed by atoms with E-state index in [4.69, 9.17) is 4.74 Å². The lowest BCUT2D eigenvalue weighted by Gasteiger charge is -2.25. The molecule has 6 heteroatoms. The molecule has 0 spiro atoms. The standard InChI is InChI=1S/C43H74N2O4/c1-4-7-10-13-17-22-29-38(30-23-18-14-11-8-5-2)49-41(46)33-24-19-16-21-28-35-44(34-27-20-15-12-9-6-3)36-37-45-42(47)39-31-25-26-32-40(39)43(45)48/h25-26,31-32,38H,4-24,27-30,33-37H2,1-3H3. The van der Waals surface area contributed by atoms with Gasteiger partial charge in [0, 0.05) is 19.5 Å². The number of amides is 2. The Labute approximate surface area is 301 Å². The largest absolute Gasteiger partial charge is 0.462 e. The minimum absolute atomic E-state index is 0.000218. The normalized spacial score (nSPS) is 12.9. The van der Waals surface area contributed by atoms with Gasteiger partial charge in [-0.3, -0.25) is 19.3 Å². The third-order valence-electron chi connectivity index (χ3n) is 10.3. The van der Waals surface area contributed by atoms with Gasteiger partial charge in [-0.2, -0.15) is 0 Å². The highest BCUT2D eigenvalue weighted by Gasteiger charge is 2.34. The number of nitrogens with zero attached hydrogens (tertiary/aromatic N) is 2. The van der Waals surface area contributed by atoms with Crippen LogP contribution in [0, 0.1) is 0 Å². The third-order valence-corrected chi connectivity index (χ3v) is 10.3. The van der Waals surface area contributed by atoms with E-state index in [2.05, 4.69) is 25.7 Å². The molecule has 1 aromatic rings. The van der Waals surface area contributed by atoms with E-state index < -0.39 is 0 Å². The first-order chi connectivity index (χ1) is 24.0. The van der Waals surface area contributed by atoms with Gasteiger partial charge in [-0.05, 0) is 70.2 Å². The van der Waals surface area contributed by atoms with Crippen LogP contribution in [0.15, 0.2) is 24.3 Å².